The Morgan fingerprint density at radius 3 is 2.82 bits per heavy atom. The summed E-state index contributed by atoms with van der Waals surface area (Å²) in [6.07, 6.45) is 6.83. The molecule has 0 atom stereocenters. The minimum atomic E-state index is -0.204. The van der Waals surface area contributed by atoms with Crippen LogP contribution >= 0.6 is 11.8 Å². The average Bonchev–Trinajstić information content (AvgIpc) is 2.55. The SMILES string of the molecule is CCOc1ccccc1/C=C/C(=O)Nc1ccc(SC)nc1. The van der Waals surface area contributed by atoms with Crippen LogP contribution in [-0.4, -0.2) is 23.8 Å². The van der Waals surface area contributed by atoms with E-state index in [4.69, 9.17) is 4.74 Å². The maximum absolute atomic E-state index is 11.9. The number of rotatable bonds is 6. The number of anilines is 1. The van der Waals surface area contributed by atoms with Gasteiger partial charge >= 0.3 is 0 Å². The molecule has 2 rings (SSSR count). The van der Waals surface area contributed by atoms with Crippen LogP contribution in [-0.2, 0) is 4.79 Å². The number of nitrogens with zero attached hydrogens (tertiary/aromatic N) is 1. The predicted octanol–water partition coefficient (Wildman–Crippen LogP) is 3.85. The summed E-state index contributed by atoms with van der Waals surface area (Å²) in [5, 5.41) is 3.69. The van der Waals surface area contributed by atoms with Crippen molar-refractivity contribution in [2.75, 3.05) is 18.2 Å². The molecule has 0 radical (unpaired) electrons. The normalized spacial score (nSPS) is 10.6. The van der Waals surface area contributed by atoms with Gasteiger partial charge in [-0.25, -0.2) is 4.98 Å². The third-order valence-corrected chi connectivity index (χ3v) is 3.51. The van der Waals surface area contributed by atoms with E-state index >= 15 is 0 Å². The van der Waals surface area contributed by atoms with E-state index in [9.17, 15) is 4.79 Å². The highest BCUT2D eigenvalue weighted by Gasteiger charge is 2.01. The van der Waals surface area contributed by atoms with Gasteiger partial charge in [-0.1, -0.05) is 18.2 Å². The maximum Gasteiger partial charge on any atom is 0.248 e. The van der Waals surface area contributed by atoms with Gasteiger partial charge in [0.25, 0.3) is 0 Å². The Morgan fingerprint density at radius 2 is 2.14 bits per heavy atom. The van der Waals surface area contributed by atoms with Gasteiger partial charge in [0, 0.05) is 11.6 Å². The van der Waals surface area contributed by atoms with Gasteiger partial charge in [0.1, 0.15) is 5.75 Å². The molecule has 22 heavy (non-hydrogen) atoms. The van der Waals surface area contributed by atoms with E-state index in [1.165, 1.54) is 6.08 Å². The number of hydrogen-bond donors (Lipinski definition) is 1. The van der Waals surface area contributed by atoms with E-state index in [1.54, 1.807) is 24.0 Å². The maximum atomic E-state index is 11.9. The van der Waals surface area contributed by atoms with Crippen LogP contribution in [0.4, 0.5) is 5.69 Å². The molecule has 0 aliphatic heterocycles. The molecule has 1 amide bonds. The fourth-order valence-corrected chi connectivity index (χ4v) is 2.19. The van der Waals surface area contributed by atoms with Crippen molar-refractivity contribution in [2.24, 2.45) is 0 Å². The number of ether oxygens (including phenoxy) is 1. The summed E-state index contributed by atoms with van der Waals surface area (Å²) < 4.78 is 5.52. The lowest BCUT2D eigenvalue weighted by atomic mass is 10.2. The van der Waals surface area contributed by atoms with E-state index < -0.39 is 0 Å². The molecule has 0 fully saturated rings. The summed E-state index contributed by atoms with van der Waals surface area (Å²) >= 11 is 1.56. The first kappa shape index (κ1) is 16.1. The van der Waals surface area contributed by atoms with Crippen molar-refractivity contribution >= 4 is 29.4 Å². The van der Waals surface area contributed by atoms with Crippen molar-refractivity contribution in [1.29, 1.82) is 0 Å². The lowest BCUT2D eigenvalue weighted by molar-refractivity contribution is -0.111. The number of carbonyl (C=O) groups is 1. The van der Waals surface area contributed by atoms with Gasteiger partial charge in [-0.15, -0.1) is 11.8 Å². The smallest absolute Gasteiger partial charge is 0.248 e. The van der Waals surface area contributed by atoms with Crippen LogP contribution in [0.1, 0.15) is 12.5 Å². The number of carbonyl (C=O) groups excluding carboxylic acids is 1. The Labute approximate surface area is 134 Å². The Hall–Kier alpha value is -2.27. The lowest BCUT2D eigenvalue weighted by Gasteiger charge is -2.06. The third-order valence-electron chi connectivity index (χ3n) is 2.85. The Morgan fingerprint density at radius 1 is 1.32 bits per heavy atom. The Balaban J connectivity index is 2.01. The second kappa shape index (κ2) is 8.24. The summed E-state index contributed by atoms with van der Waals surface area (Å²) in [5.41, 5.74) is 1.54. The molecule has 1 heterocycles. The third kappa shape index (κ3) is 4.63. The molecule has 0 aliphatic carbocycles. The van der Waals surface area contributed by atoms with Gasteiger partial charge in [0.15, 0.2) is 0 Å². The van der Waals surface area contributed by atoms with Gasteiger partial charge in [-0.05, 0) is 37.5 Å². The van der Waals surface area contributed by atoms with E-state index in [2.05, 4.69) is 10.3 Å². The van der Waals surface area contributed by atoms with Gasteiger partial charge in [-0.2, -0.15) is 0 Å². The van der Waals surface area contributed by atoms with Crippen LogP contribution in [0.5, 0.6) is 5.75 Å². The zero-order valence-corrected chi connectivity index (χ0v) is 13.4. The molecule has 0 saturated carbocycles. The van der Waals surface area contributed by atoms with Crippen molar-refractivity contribution in [2.45, 2.75) is 11.9 Å². The van der Waals surface area contributed by atoms with Crippen LogP contribution in [0, 0.1) is 0 Å². The molecule has 2 aromatic rings. The zero-order valence-electron chi connectivity index (χ0n) is 12.6. The summed E-state index contributed by atoms with van der Waals surface area (Å²) in [4.78, 5) is 16.1. The zero-order chi connectivity index (χ0) is 15.8. The van der Waals surface area contributed by atoms with Crippen LogP contribution in [0.25, 0.3) is 6.08 Å². The molecule has 0 saturated heterocycles. The van der Waals surface area contributed by atoms with E-state index in [1.807, 2.05) is 49.6 Å². The largest absolute Gasteiger partial charge is 0.493 e. The summed E-state index contributed by atoms with van der Waals surface area (Å²) in [6, 6.07) is 11.3. The van der Waals surface area contributed by atoms with Gasteiger partial charge < -0.3 is 10.1 Å². The number of hydrogen-bond acceptors (Lipinski definition) is 4. The number of thioether (sulfide) groups is 1. The summed E-state index contributed by atoms with van der Waals surface area (Å²) in [6.45, 7) is 2.52. The van der Waals surface area contributed by atoms with Gasteiger partial charge in [-0.3, -0.25) is 4.79 Å². The minimum absolute atomic E-state index is 0.204. The van der Waals surface area contributed by atoms with Crippen LogP contribution in [0.2, 0.25) is 0 Å². The van der Waals surface area contributed by atoms with Crippen molar-refractivity contribution in [3.63, 3.8) is 0 Å². The number of aromatic nitrogens is 1. The molecule has 0 spiro atoms. The van der Waals surface area contributed by atoms with E-state index in [-0.39, 0.29) is 5.91 Å². The molecular weight excluding hydrogens is 296 g/mol. The lowest BCUT2D eigenvalue weighted by Crippen LogP contribution is -2.08. The number of para-hydroxylation sites is 1. The highest BCUT2D eigenvalue weighted by Crippen LogP contribution is 2.19. The fourth-order valence-electron chi connectivity index (χ4n) is 1.83. The number of nitrogens with one attached hydrogen (secondary N) is 1. The monoisotopic (exact) mass is 314 g/mol. The first-order valence-electron chi connectivity index (χ1n) is 6.94. The topological polar surface area (TPSA) is 51.2 Å². The Bertz CT molecular complexity index is 654. The quantitative estimate of drug-likeness (QED) is 0.650. The molecule has 5 heteroatoms. The van der Waals surface area contributed by atoms with Crippen LogP contribution in [0.15, 0.2) is 53.7 Å². The van der Waals surface area contributed by atoms with Crippen molar-refractivity contribution in [1.82, 2.24) is 4.98 Å². The average molecular weight is 314 g/mol. The standard InChI is InChI=1S/C17H18N2O2S/c1-3-21-15-7-5-4-6-13(15)8-10-16(20)19-14-9-11-17(22-2)18-12-14/h4-12H,3H2,1-2H3,(H,19,20)/b10-8+. The molecule has 0 aliphatic rings. The highest BCUT2D eigenvalue weighted by atomic mass is 32.2. The second-order valence-corrected chi connectivity index (χ2v) is 5.21. The van der Waals surface area contributed by atoms with Crippen molar-refractivity contribution in [3.05, 3.63) is 54.2 Å². The number of pyridine rings is 1. The first-order valence-corrected chi connectivity index (χ1v) is 8.16. The van der Waals surface area contributed by atoms with Crippen molar-refractivity contribution in [3.8, 4) is 5.75 Å². The number of benzene rings is 1. The number of amides is 1. The first-order chi connectivity index (χ1) is 10.7. The minimum Gasteiger partial charge on any atom is -0.493 e. The molecule has 1 aromatic carbocycles. The molecule has 114 valence electrons. The highest BCUT2D eigenvalue weighted by molar-refractivity contribution is 7.98. The van der Waals surface area contributed by atoms with E-state index in [0.29, 0.717) is 12.3 Å². The molecule has 0 bridgehead atoms. The Kier molecular flexibility index (Phi) is 6.03. The summed E-state index contributed by atoms with van der Waals surface area (Å²) in [7, 11) is 0. The molecule has 1 N–H and O–H groups in total. The fraction of sp³-hybridized carbons (Fsp3) is 0.176. The molecule has 4 nitrogen and oxygen atoms in total. The van der Waals surface area contributed by atoms with Gasteiger partial charge in [0.05, 0.1) is 23.5 Å². The second-order valence-electron chi connectivity index (χ2n) is 4.38. The van der Waals surface area contributed by atoms with Crippen LogP contribution in [0.3, 0.4) is 0 Å². The molecule has 1 aromatic heterocycles. The predicted molar refractivity (Wildman–Crippen MR) is 91.3 cm³/mol. The summed E-state index contributed by atoms with van der Waals surface area (Å²) in [5.74, 6) is 0.560. The molecule has 0 unspecified atom stereocenters. The molecular formula is C17H18N2O2S. The van der Waals surface area contributed by atoms with Crippen molar-refractivity contribution < 1.29 is 9.53 Å². The van der Waals surface area contributed by atoms with Crippen LogP contribution < -0.4 is 10.1 Å². The van der Waals surface area contributed by atoms with Gasteiger partial charge in [0.2, 0.25) is 5.91 Å². The van der Waals surface area contributed by atoms with E-state index in [0.717, 1.165) is 16.3 Å².